The van der Waals surface area contributed by atoms with Crippen LogP contribution in [0.1, 0.15) is 27.0 Å². The van der Waals surface area contributed by atoms with Gasteiger partial charge in [-0.2, -0.15) is 13.2 Å². The summed E-state index contributed by atoms with van der Waals surface area (Å²) in [4.78, 5) is 25.9. The Morgan fingerprint density at radius 3 is 2.44 bits per heavy atom. The van der Waals surface area contributed by atoms with Crippen molar-refractivity contribution in [2.24, 2.45) is 0 Å². The molecule has 4 nitrogen and oxygen atoms in total. The second-order valence-corrected chi connectivity index (χ2v) is 6.56. The molecule has 0 spiro atoms. The van der Waals surface area contributed by atoms with Crippen molar-refractivity contribution in [1.82, 2.24) is 4.90 Å². The number of hydrogen-bond donors (Lipinski definition) is 1. The third-order valence-corrected chi connectivity index (χ3v) is 4.45. The van der Waals surface area contributed by atoms with Gasteiger partial charge in [0.15, 0.2) is 0 Å². The van der Waals surface area contributed by atoms with Gasteiger partial charge in [0, 0.05) is 18.3 Å². The first kappa shape index (κ1) is 20.8. The summed E-state index contributed by atoms with van der Waals surface area (Å²) >= 11 is 5.55. The van der Waals surface area contributed by atoms with E-state index < -0.39 is 22.7 Å². The lowest BCUT2D eigenvalue weighted by atomic mass is 10.0. The molecule has 0 atom stereocenters. The molecule has 8 heteroatoms. The molecular formula is C19H18ClF3N2O2. The molecule has 0 saturated heterocycles. The van der Waals surface area contributed by atoms with E-state index in [2.05, 4.69) is 5.32 Å². The highest BCUT2D eigenvalue weighted by Gasteiger charge is 2.33. The molecule has 2 aromatic rings. The standard InChI is InChI=1S/C19H18ClF3N2O2/c1-11-5-4-6-14(12(11)2)18(27)25(3)10-17(26)24-13-7-8-16(20)15(9-13)19(21,22)23/h4-9H,10H2,1-3H3,(H,24,26). The molecule has 144 valence electrons. The average Bonchev–Trinajstić information content (AvgIpc) is 2.57. The van der Waals surface area contributed by atoms with Crippen molar-refractivity contribution in [3.8, 4) is 0 Å². The lowest BCUT2D eigenvalue weighted by molar-refractivity contribution is -0.137. The first-order valence-electron chi connectivity index (χ1n) is 7.99. The number of rotatable bonds is 4. The molecule has 2 amide bonds. The molecule has 0 saturated carbocycles. The van der Waals surface area contributed by atoms with Gasteiger partial charge in [0.05, 0.1) is 17.1 Å². The van der Waals surface area contributed by atoms with Crippen molar-refractivity contribution in [1.29, 1.82) is 0 Å². The molecule has 0 bridgehead atoms. The highest BCUT2D eigenvalue weighted by molar-refractivity contribution is 6.31. The third kappa shape index (κ3) is 5.01. The molecule has 0 unspecified atom stereocenters. The number of carbonyl (C=O) groups is 2. The molecule has 0 aliphatic heterocycles. The van der Waals surface area contributed by atoms with Gasteiger partial charge in [-0.1, -0.05) is 23.7 Å². The summed E-state index contributed by atoms with van der Waals surface area (Å²) in [7, 11) is 1.45. The smallest absolute Gasteiger partial charge is 0.332 e. The average molecular weight is 399 g/mol. The normalized spacial score (nSPS) is 11.2. The molecule has 0 fully saturated rings. The van der Waals surface area contributed by atoms with Gasteiger partial charge in [-0.05, 0) is 49.2 Å². The third-order valence-electron chi connectivity index (χ3n) is 4.12. The fourth-order valence-corrected chi connectivity index (χ4v) is 2.72. The summed E-state index contributed by atoms with van der Waals surface area (Å²) in [6.45, 7) is 3.37. The topological polar surface area (TPSA) is 49.4 Å². The highest BCUT2D eigenvalue weighted by atomic mass is 35.5. The lowest BCUT2D eigenvalue weighted by Crippen LogP contribution is -2.35. The number of amides is 2. The molecule has 0 aromatic heterocycles. The summed E-state index contributed by atoms with van der Waals surface area (Å²) in [6, 6.07) is 8.36. The van der Waals surface area contributed by atoms with E-state index in [-0.39, 0.29) is 18.1 Å². The Balaban J connectivity index is 2.09. The van der Waals surface area contributed by atoms with E-state index in [1.165, 1.54) is 18.0 Å². The van der Waals surface area contributed by atoms with Crippen LogP contribution in [0, 0.1) is 13.8 Å². The van der Waals surface area contributed by atoms with Crippen LogP contribution in [-0.2, 0) is 11.0 Å². The number of alkyl halides is 3. The van der Waals surface area contributed by atoms with Gasteiger partial charge in [-0.15, -0.1) is 0 Å². The van der Waals surface area contributed by atoms with Gasteiger partial charge in [0.25, 0.3) is 5.91 Å². The van der Waals surface area contributed by atoms with Gasteiger partial charge < -0.3 is 10.2 Å². The maximum atomic E-state index is 12.9. The largest absolute Gasteiger partial charge is 0.417 e. The van der Waals surface area contributed by atoms with E-state index >= 15 is 0 Å². The minimum absolute atomic E-state index is 0.0516. The number of benzene rings is 2. The Labute approximate surface area is 159 Å². The second kappa shape index (κ2) is 8.00. The van der Waals surface area contributed by atoms with Gasteiger partial charge in [0.2, 0.25) is 5.91 Å². The Hall–Kier alpha value is -2.54. The Kier molecular flexibility index (Phi) is 6.15. The maximum absolute atomic E-state index is 12.9. The van der Waals surface area contributed by atoms with Crippen molar-refractivity contribution >= 4 is 29.1 Å². The molecule has 2 aromatic carbocycles. The zero-order valence-electron chi connectivity index (χ0n) is 14.9. The number of carbonyl (C=O) groups excluding carboxylic acids is 2. The minimum Gasteiger partial charge on any atom is -0.332 e. The molecule has 0 aliphatic carbocycles. The minimum atomic E-state index is -4.63. The van der Waals surface area contributed by atoms with Crippen LogP contribution >= 0.6 is 11.6 Å². The van der Waals surface area contributed by atoms with Crippen molar-refractivity contribution < 1.29 is 22.8 Å². The zero-order valence-corrected chi connectivity index (χ0v) is 15.7. The van der Waals surface area contributed by atoms with Crippen LogP contribution in [0.5, 0.6) is 0 Å². The monoisotopic (exact) mass is 398 g/mol. The molecule has 27 heavy (non-hydrogen) atoms. The number of aryl methyl sites for hydroxylation is 1. The molecule has 2 rings (SSSR count). The van der Waals surface area contributed by atoms with Gasteiger partial charge in [-0.25, -0.2) is 0 Å². The fourth-order valence-electron chi connectivity index (χ4n) is 2.50. The molecule has 0 aliphatic rings. The second-order valence-electron chi connectivity index (χ2n) is 6.15. The number of hydrogen-bond acceptors (Lipinski definition) is 2. The van der Waals surface area contributed by atoms with Gasteiger partial charge in [-0.3, -0.25) is 9.59 Å². The lowest BCUT2D eigenvalue weighted by Gasteiger charge is -2.19. The van der Waals surface area contributed by atoms with Crippen molar-refractivity contribution in [2.45, 2.75) is 20.0 Å². The number of nitrogens with one attached hydrogen (secondary N) is 1. The molecule has 0 radical (unpaired) electrons. The van der Waals surface area contributed by atoms with E-state index in [1.807, 2.05) is 19.9 Å². The SMILES string of the molecule is Cc1cccc(C(=O)N(C)CC(=O)Nc2ccc(Cl)c(C(F)(F)F)c2)c1C. The quantitative estimate of drug-likeness (QED) is 0.812. The Bertz CT molecular complexity index is 882. The summed E-state index contributed by atoms with van der Waals surface area (Å²) in [5.41, 5.74) is 1.13. The van der Waals surface area contributed by atoms with Crippen molar-refractivity contribution in [2.75, 3.05) is 18.9 Å². The number of anilines is 1. The van der Waals surface area contributed by atoms with Crippen LogP contribution in [0.2, 0.25) is 5.02 Å². The highest BCUT2D eigenvalue weighted by Crippen LogP contribution is 2.36. The molecular weight excluding hydrogens is 381 g/mol. The van der Waals surface area contributed by atoms with Crippen LogP contribution in [-0.4, -0.2) is 30.3 Å². The van der Waals surface area contributed by atoms with E-state index in [0.29, 0.717) is 5.56 Å². The summed E-state index contributed by atoms with van der Waals surface area (Å²) in [5.74, 6) is -0.968. The zero-order chi connectivity index (χ0) is 20.4. The number of nitrogens with zero attached hydrogens (tertiary/aromatic N) is 1. The number of halogens is 4. The van der Waals surface area contributed by atoms with Crippen LogP contribution in [0.15, 0.2) is 36.4 Å². The molecule has 1 N–H and O–H groups in total. The van der Waals surface area contributed by atoms with E-state index in [1.54, 1.807) is 12.1 Å². The van der Waals surface area contributed by atoms with Gasteiger partial charge in [0.1, 0.15) is 0 Å². The molecule has 0 heterocycles. The van der Waals surface area contributed by atoms with Crippen molar-refractivity contribution in [3.63, 3.8) is 0 Å². The van der Waals surface area contributed by atoms with Crippen LogP contribution in [0.3, 0.4) is 0 Å². The first-order chi connectivity index (χ1) is 12.5. The summed E-state index contributed by atoms with van der Waals surface area (Å²) in [6.07, 6.45) is -4.63. The first-order valence-corrected chi connectivity index (χ1v) is 8.36. The maximum Gasteiger partial charge on any atom is 0.417 e. The fraction of sp³-hybridized carbons (Fsp3) is 0.263. The predicted octanol–water partition coefficient (Wildman–Crippen LogP) is 4.69. The Morgan fingerprint density at radius 1 is 1.15 bits per heavy atom. The van der Waals surface area contributed by atoms with Crippen LogP contribution < -0.4 is 5.32 Å². The predicted molar refractivity (Wildman–Crippen MR) is 98.0 cm³/mol. The van der Waals surface area contributed by atoms with Crippen LogP contribution in [0.4, 0.5) is 18.9 Å². The van der Waals surface area contributed by atoms with Gasteiger partial charge >= 0.3 is 6.18 Å². The van der Waals surface area contributed by atoms with Crippen LogP contribution in [0.25, 0.3) is 0 Å². The van der Waals surface area contributed by atoms with E-state index in [4.69, 9.17) is 11.6 Å². The number of likely N-dealkylation sites (N-methyl/N-ethyl adjacent to an activating group) is 1. The Morgan fingerprint density at radius 2 is 1.81 bits per heavy atom. The summed E-state index contributed by atoms with van der Waals surface area (Å²) in [5, 5.41) is 1.90. The van der Waals surface area contributed by atoms with E-state index in [0.717, 1.165) is 23.3 Å². The van der Waals surface area contributed by atoms with Crippen molar-refractivity contribution in [3.05, 3.63) is 63.7 Å². The van der Waals surface area contributed by atoms with E-state index in [9.17, 15) is 22.8 Å². The summed E-state index contributed by atoms with van der Waals surface area (Å²) < 4.78 is 38.7.